The lowest BCUT2D eigenvalue weighted by Crippen LogP contribution is -2.39. The Balaban J connectivity index is 1.86. The molecule has 1 atom stereocenters. The van der Waals surface area contributed by atoms with Gasteiger partial charge in [0.25, 0.3) is 0 Å². The van der Waals surface area contributed by atoms with Gasteiger partial charge in [-0.1, -0.05) is 42.5 Å². The average Bonchev–Trinajstić information content (AvgIpc) is 2.62. The zero-order chi connectivity index (χ0) is 17.4. The highest BCUT2D eigenvalue weighted by Gasteiger charge is 2.07. The molecule has 0 fully saturated rings. The first-order chi connectivity index (χ1) is 11.6. The van der Waals surface area contributed by atoms with Crippen LogP contribution in [-0.2, 0) is 6.42 Å². The van der Waals surface area contributed by atoms with Crippen LogP contribution >= 0.6 is 0 Å². The Morgan fingerprint density at radius 3 is 2.58 bits per heavy atom. The predicted molar refractivity (Wildman–Crippen MR) is 101 cm³/mol. The molecule has 0 bridgehead atoms. The van der Waals surface area contributed by atoms with Crippen LogP contribution in [0.5, 0.6) is 5.75 Å². The topological polar surface area (TPSA) is 45.7 Å². The summed E-state index contributed by atoms with van der Waals surface area (Å²) in [6, 6.07) is 16.9. The number of rotatable bonds is 6. The molecule has 0 saturated heterocycles. The second-order valence-electron chi connectivity index (χ2n) is 5.83. The van der Waals surface area contributed by atoms with Crippen LogP contribution in [0.15, 0.2) is 53.5 Å². The SMILES string of the molecule is CN=C(NCCc1ccc(C)c(OC)c1)NC(C)c1ccccc1. The largest absolute Gasteiger partial charge is 0.496 e. The molecule has 4 nitrogen and oxygen atoms in total. The maximum absolute atomic E-state index is 5.38. The summed E-state index contributed by atoms with van der Waals surface area (Å²) < 4.78 is 5.38. The molecule has 0 saturated carbocycles. The van der Waals surface area contributed by atoms with Crippen molar-refractivity contribution >= 4 is 5.96 Å². The third-order valence-electron chi connectivity index (χ3n) is 4.05. The highest BCUT2D eigenvalue weighted by molar-refractivity contribution is 5.80. The zero-order valence-electron chi connectivity index (χ0n) is 15.0. The summed E-state index contributed by atoms with van der Waals surface area (Å²) in [4.78, 5) is 4.30. The number of benzene rings is 2. The summed E-state index contributed by atoms with van der Waals surface area (Å²) in [7, 11) is 3.50. The summed E-state index contributed by atoms with van der Waals surface area (Å²) in [5.41, 5.74) is 3.64. The van der Waals surface area contributed by atoms with Crippen LogP contribution in [-0.4, -0.2) is 26.7 Å². The van der Waals surface area contributed by atoms with Crippen molar-refractivity contribution in [3.8, 4) is 5.75 Å². The van der Waals surface area contributed by atoms with E-state index in [4.69, 9.17) is 4.74 Å². The van der Waals surface area contributed by atoms with Gasteiger partial charge in [-0.15, -0.1) is 0 Å². The van der Waals surface area contributed by atoms with Gasteiger partial charge in [0.05, 0.1) is 13.2 Å². The highest BCUT2D eigenvalue weighted by Crippen LogP contribution is 2.19. The van der Waals surface area contributed by atoms with Crippen molar-refractivity contribution in [2.45, 2.75) is 26.3 Å². The molecule has 4 heteroatoms. The van der Waals surface area contributed by atoms with Crippen molar-refractivity contribution in [3.63, 3.8) is 0 Å². The Morgan fingerprint density at radius 1 is 1.17 bits per heavy atom. The molecule has 0 spiro atoms. The van der Waals surface area contributed by atoms with E-state index in [-0.39, 0.29) is 6.04 Å². The molecule has 2 aromatic carbocycles. The van der Waals surface area contributed by atoms with E-state index < -0.39 is 0 Å². The Morgan fingerprint density at radius 2 is 1.92 bits per heavy atom. The standard InChI is InChI=1S/C20H27N3O/c1-15-10-11-17(14-19(15)24-4)12-13-22-20(21-3)23-16(2)18-8-6-5-7-9-18/h5-11,14,16H,12-13H2,1-4H3,(H2,21,22,23). The smallest absolute Gasteiger partial charge is 0.191 e. The van der Waals surface area contributed by atoms with E-state index >= 15 is 0 Å². The van der Waals surface area contributed by atoms with Gasteiger partial charge in [0.2, 0.25) is 0 Å². The van der Waals surface area contributed by atoms with Crippen LogP contribution in [0.4, 0.5) is 0 Å². The first-order valence-electron chi connectivity index (χ1n) is 8.29. The monoisotopic (exact) mass is 325 g/mol. The predicted octanol–water partition coefficient (Wildman–Crippen LogP) is 3.47. The van der Waals surface area contributed by atoms with E-state index in [2.05, 4.69) is 71.9 Å². The van der Waals surface area contributed by atoms with Gasteiger partial charge in [-0.05, 0) is 43.0 Å². The summed E-state index contributed by atoms with van der Waals surface area (Å²) in [6.45, 7) is 5.00. The minimum Gasteiger partial charge on any atom is -0.496 e. The second-order valence-corrected chi connectivity index (χ2v) is 5.83. The van der Waals surface area contributed by atoms with E-state index in [0.717, 1.165) is 30.2 Å². The molecule has 0 aliphatic rings. The molecule has 0 radical (unpaired) electrons. The van der Waals surface area contributed by atoms with Crippen molar-refractivity contribution in [1.82, 2.24) is 10.6 Å². The van der Waals surface area contributed by atoms with E-state index in [0.29, 0.717) is 0 Å². The van der Waals surface area contributed by atoms with Gasteiger partial charge in [0, 0.05) is 13.6 Å². The number of methoxy groups -OCH3 is 1. The number of hydrogen-bond donors (Lipinski definition) is 2. The normalized spacial score (nSPS) is 12.6. The number of nitrogens with zero attached hydrogens (tertiary/aromatic N) is 1. The number of aliphatic imine (C=N–C) groups is 1. The lowest BCUT2D eigenvalue weighted by atomic mass is 10.1. The number of nitrogens with one attached hydrogen (secondary N) is 2. The number of ether oxygens (including phenoxy) is 1. The summed E-state index contributed by atoms with van der Waals surface area (Å²) >= 11 is 0. The van der Waals surface area contributed by atoms with Crippen molar-refractivity contribution in [2.75, 3.05) is 20.7 Å². The first kappa shape index (κ1) is 17.9. The summed E-state index contributed by atoms with van der Waals surface area (Å²) in [5, 5.41) is 6.78. The fourth-order valence-corrected chi connectivity index (χ4v) is 2.57. The molecule has 128 valence electrons. The molecule has 24 heavy (non-hydrogen) atoms. The Kier molecular flexibility index (Phi) is 6.67. The zero-order valence-corrected chi connectivity index (χ0v) is 15.0. The van der Waals surface area contributed by atoms with Crippen LogP contribution in [0.1, 0.15) is 29.7 Å². The molecular formula is C20H27N3O. The van der Waals surface area contributed by atoms with Crippen molar-refractivity contribution in [1.29, 1.82) is 0 Å². The second kappa shape index (κ2) is 8.96. The summed E-state index contributed by atoms with van der Waals surface area (Å²) in [5.74, 6) is 1.75. The van der Waals surface area contributed by atoms with Gasteiger partial charge >= 0.3 is 0 Å². The van der Waals surface area contributed by atoms with Crippen LogP contribution in [0.25, 0.3) is 0 Å². The van der Waals surface area contributed by atoms with Crippen LogP contribution in [0, 0.1) is 6.92 Å². The Labute approximate surface area is 145 Å². The van der Waals surface area contributed by atoms with E-state index in [1.807, 2.05) is 6.07 Å². The Hall–Kier alpha value is -2.49. The molecule has 0 aromatic heterocycles. The van der Waals surface area contributed by atoms with Gasteiger partial charge in [0.15, 0.2) is 5.96 Å². The molecule has 0 heterocycles. The lowest BCUT2D eigenvalue weighted by Gasteiger charge is -2.18. The van der Waals surface area contributed by atoms with Gasteiger partial charge < -0.3 is 15.4 Å². The number of aryl methyl sites for hydroxylation is 1. The molecule has 0 aliphatic carbocycles. The molecule has 0 aliphatic heterocycles. The van der Waals surface area contributed by atoms with Gasteiger partial charge in [-0.2, -0.15) is 0 Å². The van der Waals surface area contributed by atoms with E-state index in [1.54, 1.807) is 14.2 Å². The maximum Gasteiger partial charge on any atom is 0.191 e. The van der Waals surface area contributed by atoms with Crippen molar-refractivity contribution < 1.29 is 4.74 Å². The number of guanidine groups is 1. The maximum atomic E-state index is 5.38. The first-order valence-corrected chi connectivity index (χ1v) is 8.29. The Bertz CT molecular complexity index is 668. The van der Waals surface area contributed by atoms with Gasteiger partial charge in [0.1, 0.15) is 5.75 Å². The van der Waals surface area contributed by atoms with E-state index in [9.17, 15) is 0 Å². The third-order valence-corrected chi connectivity index (χ3v) is 4.05. The van der Waals surface area contributed by atoms with Gasteiger partial charge in [-0.25, -0.2) is 0 Å². The molecule has 2 aromatic rings. The highest BCUT2D eigenvalue weighted by atomic mass is 16.5. The molecule has 1 unspecified atom stereocenters. The lowest BCUT2D eigenvalue weighted by molar-refractivity contribution is 0.411. The van der Waals surface area contributed by atoms with Crippen LogP contribution in [0.3, 0.4) is 0 Å². The molecule has 2 N–H and O–H groups in total. The fraction of sp³-hybridized carbons (Fsp3) is 0.350. The average molecular weight is 325 g/mol. The van der Waals surface area contributed by atoms with Crippen LogP contribution < -0.4 is 15.4 Å². The molecule has 0 amide bonds. The quantitative estimate of drug-likeness (QED) is 0.631. The molecular weight excluding hydrogens is 298 g/mol. The third kappa shape index (κ3) is 5.01. The number of hydrogen-bond acceptors (Lipinski definition) is 2. The minimum atomic E-state index is 0.205. The minimum absolute atomic E-state index is 0.205. The van der Waals surface area contributed by atoms with Crippen molar-refractivity contribution in [3.05, 3.63) is 65.2 Å². The van der Waals surface area contributed by atoms with E-state index in [1.165, 1.54) is 11.1 Å². The molecule has 2 rings (SSSR count). The van der Waals surface area contributed by atoms with Crippen molar-refractivity contribution in [2.24, 2.45) is 4.99 Å². The fourth-order valence-electron chi connectivity index (χ4n) is 2.57. The van der Waals surface area contributed by atoms with Gasteiger partial charge in [-0.3, -0.25) is 4.99 Å². The summed E-state index contributed by atoms with van der Waals surface area (Å²) in [6.07, 6.45) is 0.914. The van der Waals surface area contributed by atoms with Crippen LogP contribution in [0.2, 0.25) is 0 Å².